The van der Waals surface area contributed by atoms with Gasteiger partial charge in [-0.15, -0.1) is 6.42 Å². The molecule has 1 aliphatic heterocycles. The molecule has 5 nitrogen and oxygen atoms in total. The Morgan fingerprint density at radius 1 is 1.39 bits per heavy atom. The highest BCUT2D eigenvalue weighted by Gasteiger charge is 2.23. The summed E-state index contributed by atoms with van der Waals surface area (Å²) < 4.78 is 0. The average molecular weight is 244 g/mol. The molecule has 92 valence electrons. The van der Waals surface area contributed by atoms with E-state index in [0.717, 1.165) is 11.1 Å². The number of carboxylic acid groups (broad SMARTS) is 1. The number of carboxylic acids is 1. The first-order valence-corrected chi connectivity index (χ1v) is 5.43. The molecule has 0 aromatic heterocycles. The van der Waals surface area contributed by atoms with Crippen molar-refractivity contribution in [2.75, 3.05) is 6.54 Å². The minimum atomic E-state index is -0.965. The molecule has 2 rings (SSSR count). The van der Waals surface area contributed by atoms with Crippen LogP contribution in [0.5, 0.6) is 0 Å². The molecule has 2 amide bonds. The third-order valence-electron chi connectivity index (χ3n) is 2.80. The molecule has 18 heavy (non-hydrogen) atoms. The van der Waals surface area contributed by atoms with Crippen molar-refractivity contribution in [2.45, 2.75) is 13.1 Å². The standard InChI is InChI=1S/C13H12N2O3/c1-2-5-14-13(18)15-7-10-4-3-9(12(16)17)6-11(10)8-15/h1,3-4,6H,5,7-8H2,(H,14,18)(H,16,17). The number of amides is 2. The molecule has 0 saturated heterocycles. The number of fused-ring (bicyclic) bond motifs is 1. The maximum absolute atomic E-state index is 11.7. The van der Waals surface area contributed by atoms with Crippen molar-refractivity contribution >= 4 is 12.0 Å². The van der Waals surface area contributed by atoms with Gasteiger partial charge in [0.1, 0.15) is 0 Å². The topological polar surface area (TPSA) is 69.6 Å². The van der Waals surface area contributed by atoms with E-state index in [1.165, 1.54) is 0 Å². The Balaban J connectivity index is 2.11. The van der Waals surface area contributed by atoms with Gasteiger partial charge in [-0.1, -0.05) is 12.0 Å². The van der Waals surface area contributed by atoms with Gasteiger partial charge in [0.15, 0.2) is 0 Å². The fourth-order valence-electron chi connectivity index (χ4n) is 1.91. The lowest BCUT2D eigenvalue weighted by atomic mass is 10.1. The van der Waals surface area contributed by atoms with E-state index in [1.54, 1.807) is 23.1 Å². The molecule has 0 unspecified atom stereocenters. The molecule has 1 aliphatic rings. The monoisotopic (exact) mass is 244 g/mol. The van der Waals surface area contributed by atoms with E-state index in [0.29, 0.717) is 13.1 Å². The molecule has 0 saturated carbocycles. The van der Waals surface area contributed by atoms with Gasteiger partial charge in [-0.2, -0.15) is 0 Å². The summed E-state index contributed by atoms with van der Waals surface area (Å²) in [7, 11) is 0. The van der Waals surface area contributed by atoms with Crippen LogP contribution >= 0.6 is 0 Å². The highest BCUT2D eigenvalue weighted by molar-refractivity contribution is 5.88. The number of carbonyl (C=O) groups is 2. The van der Waals surface area contributed by atoms with Crippen molar-refractivity contribution in [1.29, 1.82) is 0 Å². The zero-order chi connectivity index (χ0) is 13.1. The van der Waals surface area contributed by atoms with Crippen molar-refractivity contribution in [2.24, 2.45) is 0 Å². The van der Waals surface area contributed by atoms with Gasteiger partial charge in [-0.3, -0.25) is 0 Å². The zero-order valence-electron chi connectivity index (χ0n) is 9.64. The van der Waals surface area contributed by atoms with E-state index in [1.807, 2.05) is 0 Å². The van der Waals surface area contributed by atoms with E-state index in [-0.39, 0.29) is 18.1 Å². The number of benzene rings is 1. The maximum Gasteiger partial charge on any atom is 0.335 e. The van der Waals surface area contributed by atoms with Gasteiger partial charge in [0.25, 0.3) is 0 Å². The normalized spacial score (nSPS) is 12.7. The van der Waals surface area contributed by atoms with Crippen molar-refractivity contribution in [1.82, 2.24) is 10.2 Å². The summed E-state index contributed by atoms with van der Waals surface area (Å²) in [5.74, 6) is 1.37. The van der Waals surface area contributed by atoms with Crippen LogP contribution in [0.15, 0.2) is 18.2 Å². The summed E-state index contributed by atoms with van der Waals surface area (Å²) in [6.07, 6.45) is 5.06. The van der Waals surface area contributed by atoms with Crippen LogP contribution in [0.2, 0.25) is 0 Å². The van der Waals surface area contributed by atoms with E-state index >= 15 is 0 Å². The number of nitrogens with zero attached hydrogens (tertiary/aromatic N) is 1. The van der Waals surface area contributed by atoms with E-state index < -0.39 is 5.97 Å². The summed E-state index contributed by atoms with van der Waals surface area (Å²) in [4.78, 5) is 24.1. The highest BCUT2D eigenvalue weighted by Crippen LogP contribution is 2.23. The molecule has 2 N–H and O–H groups in total. The third-order valence-corrected chi connectivity index (χ3v) is 2.80. The Bertz CT molecular complexity index is 546. The number of rotatable bonds is 2. The lowest BCUT2D eigenvalue weighted by molar-refractivity contribution is 0.0696. The number of aromatic carboxylic acids is 1. The van der Waals surface area contributed by atoms with Gasteiger partial charge in [0.2, 0.25) is 0 Å². The second-order valence-corrected chi connectivity index (χ2v) is 4.01. The average Bonchev–Trinajstić information content (AvgIpc) is 2.78. The van der Waals surface area contributed by atoms with Gasteiger partial charge in [0.05, 0.1) is 12.1 Å². The van der Waals surface area contributed by atoms with E-state index in [4.69, 9.17) is 11.5 Å². The van der Waals surface area contributed by atoms with Crippen LogP contribution in [0.4, 0.5) is 4.79 Å². The lowest BCUT2D eigenvalue weighted by Crippen LogP contribution is -2.36. The first-order chi connectivity index (χ1) is 8.61. The minimum Gasteiger partial charge on any atom is -0.478 e. The lowest BCUT2D eigenvalue weighted by Gasteiger charge is -2.14. The van der Waals surface area contributed by atoms with Crippen LogP contribution in [-0.4, -0.2) is 28.6 Å². The van der Waals surface area contributed by atoms with Crippen molar-refractivity contribution in [3.05, 3.63) is 34.9 Å². The summed E-state index contributed by atoms with van der Waals surface area (Å²) in [5, 5.41) is 11.5. The molecule has 0 spiro atoms. The van der Waals surface area contributed by atoms with Gasteiger partial charge in [0, 0.05) is 13.1 Å². The van der Waals surface area contributed by atoms with E-state index in [2.05, 4.69) is 11.2 Å². The van der Waals surface area contributed by atoms with Gasteiger partial charge in [-0.05, 0) is 23.3 Å². The first kappa shape index (κ1) is 12.0. The number of carbonyl (C=O) groups excluding carboxylic acids is 1. The molecule has 0 aliphatic carbocycles. The molecule has 0 bridgehead atoms. The molecule has 0 fully saturated rings. The summed E-state index contributed by atoms with van der Waals surface area (Å²) >= 11 is 0. The number of hydrogen-bond acceptors (Lipinski definition) is 2. The maximum atomic E-state index is 11.7. The number of terminal acetylenes is 1. The van der Waals surface area contributed by atoms with Crippen LogP contribution < -0.4 is 5.32 Å². The van der Waals surface area contributed by atoms with Gasteiger partial charge < -0.3 is 15.3 Å². The molecule has 1 heterocycles. The van der Waals surface area contributed by atoms with Crippen molar-refractivity contribution in [3.8, 4) is 12.3 Å². The summed E-state index contributed by atoms with van der Waals surface area (Å²) in [6.45, 7) is 1.07. The Morgan fingerprint density at radius 3 is 2.78 bits per heavy atom. The smallest absolute Gasteiger partial charge is 0.335 e. The van der Waals surface area contributed by atoms with Crippen molar-refractivity contribution < 1.29 is 14.7 Å². The molecule has 0 atom stereocenters. The quantitative estimate of drug-likeness (QED) is 0.764. The van der Waals surface area contributed by atoms with Gasteiger partial charge >= 0.3 is 12.0 Å². The molecule has 0 radical (unpaired) electrons. The number of hydrogen-bond donors (Lipinski definition) is 2. The zero-order valence-corrected chi connectivity index (χ0v) is 9.64. The van der Waals surface area contributed by atoms with Crippen LogP contribution in [0.3, 0.4) is 0 Å². The Morgan fingerprint density at radius 2 is 2.11 bits per heavy atom. The van der Waals surface area contributed by atoms with Crippen LogP contribution in [0.1, 0.15) is 21.5 Å². The molecule has 1 aromatic rings. The number of nitrogens with one attached hydrogen (secondary N) is 1. The van der Waals surface area contributed by atoms with Gasteiger partial charge in [-0.25, -0.2) is 9.59 Å². The SMILES string of the molecule is C#CCNC(=O)N1Cc2ccc(C(=O)O)cc2C1. The number of urea groups is 1. The summed E-state index contributed by atoms with van der Waals surface area (Å²) in [6, 6.07) is 4.66. The summed E-state index contributed by atoms with van der Waals surface area (Å²) in [5.41, 5.74) is 2.07. The largest absolute Gasteiger partial charge is 0.478 e. The second-order valence-electron chi connectivity index (χ2n) is 4.01. The predicted octanol–water partition coefficient (Wildman–Crippen LogP) is 1.04. The molecule has 5 heteroatoms. The second kappa shape index (κ2) is 4.80. The van der Waals surface area contributed by atoms with E-state index in [9.17, 15) is 9.59 Å². The Hall–Kier alpha value is -2.48. The highest BCUT2D eigenvalue weighted by atomic mass is 16.4. The predicted molar refractivity (Wildman–Crippen MR) is 64.9 cm³/mol. The minimum absolute atomic E-state index is 0.187. The fourth-order valence-corrected chi connectivity index (χ4v) is 1.91. The van der Waals surface area contributed by atoms with Crippen LogP contribution in [-0.2, 0) is 13.1 Å². The first-order valence-electron chi connectivity index (χ1n) is 5.43. The van der Waals surface area contributed by atoms with Crippen LogP contribution in [0, 0.1) is 12.3 Å². The van der Waals surface area contributed by atoms with Crippen LogP contribution in [0.25, 0.3) is 0 Å². The molecular formula is C13H12N2O3. The third kappa shape index (κ3) is 2.28. The Kier molecular flexibility index (Phi) is 3.20. The Labute approximate surface area is 104 Å². The molecular weight excluding hydrogens is 232 g/mol. The fraction of sp³-hybridized carbons (Fsp3) is 0.231. The molecule has 1 aromatic carbocycles. The van der Waals surface area contributed by atoms with Crippen molar-refractivity contribution in [3.63, 3.8) is 0 Å².